The number of amides is 1. The molecule has 1 aromatic rings. The van der Waals surface area contributed by atoms with Crippen molar-refractivity contribution < 1.29 is 14.3 Å². The zero-order chi connectivity index (χ0) is 18.1. The first-order valence-corrected chi connectivity index (χ1v) is 8.79. The monoisotopic (exact) mass is 476 g/mol. The highest BCUT2D eigenvalue weighted by atomic mass is 127. The second-order valence-corrected chi connectivity index (χ2v) is 5.96. The number of guanidine groups is 1. The molecule has 1 amide bonds. The Hall–Kier alpha value is -1.71. The number of carbonyl (C=O) groups excluding carboxylic acids is 1. The Morgan fingerprint density at radius 1 is 1.27 bits per heavy atom. The summed E-state index contributed by atoms with van der Waals surface area (Å²) in [5.74, 6) is 2.12. The van der Waals surface area contributed by atoms with Gasteiger partial charge in [0.25, 0.3) is 0 Å². The van der Waals surface area contributed by atoms with Crippen LogP contribution in [0.15, 0.2) is 23.2 Å². The third-order valence-corrected chi connectivity index (χ3v) is 3.90. The zero-order valence-corrected chi connectivity index (χ0v) is 18.0. The molecule has 0 saturated heterocycles. The van der Waals surface area contributed by atoms with E-state index in [-0.39, 0.29) is 35.9 Å². The minimum Gasteiger partial charge on any atom is -0.490 e. The number of halogens is 1. The van der Waals surface area contributed by atoms with Crippen LogP contribution in [-0.2, 0) is 4.79 Å². The Labute approximate surface area is 172 Å². The van der Waals surface area contributed by atoms with Crippen molar-refractivity contribution in [2.24, 2.45) is 4.99 Å². The molecule has 0 aliphatic carbocycles. The van der Waals surface area contributed by atoms with Crippen LogP contribution in [0.2, 0.25) is 0 Å². The predicted octanol–water partition coefficient (Wildman–Crippen LogP) is 2.76. The predicted molar refractivity (Wildman–Crippen MR) is 115 cm³/mol. The van der Waals surface area contributed by atoms with E-state index in [2.05, 4.69) is 20.9 Å². The maximum Gasteiger partial charge on any atom is 0.221 e. The molecule has 26 heavy (non-hydrogen) atoms. The van der Waals surface area contributed by atoms with Gasteiger partial charge in [-0.15, -0.1) is 24.0 Å². The third kappa shape index (κ3) is 7.27. The lowest BCUT2D eigenvalue weighted by atomic mass is 10.2. The summed E-state index contributed by atoms with van der Waals surface area (Å²) in [5, 5.41) is 9.28. The topological polar surface area (TPSA) is 84.0 Å². The lowest BCUT2D eigenvalue weighted by Crippen LogP contribution is -2.37. The highest BCUT2D eigenvalue weighted by Gasteiger charge is 2.11. The van der Waals surface area contributed by atoms with Crippen molar-refractivity contribution in [2.45, 2.75) is 39.2 Å². The van der Waals surface area contributed by atoms with Crippen LogP contribution >= 0.6 is 24.0 Å². The molecule has 0 radical (unpaired) electrons. The highest BCUT2D eigenvalue weighted by molar-refractivity contribution is 14.0. The third-order valence-electron chi connectivity index (χ3n) is 3.90. The zero-order valence-electron chi connectivity index (χ0n) is 15.6. The van der Waals surface area contributed by atoms with Gasteiger partial charge in [0.15, 0.2) is 17.5 Å². The molecular weight excluding hydrogens is 447 g/mol. The van der Waals surface area contributed by atoms with E-state index in [1.54, 1.807) is 7.05 Å². The van der Waals surface area contributed by atoms with Crippen LogP contribution in [-0.4, -0.2) is 44.7 Å². The van der Waals surface area contributed by atoms with E-state index in [1.807, 2.05) is 32.0 Å². The number of nitrogens with one attached hydrogen (secondary N) is 3. The number of nitrogens with zero attached hydrogens (tertiary/aromatic N) is 1. The molecule has 1 atom stereocenters. The lowest BCUT2D eigenvalue weighted by Gasteiger charge is -2.15. The first kappa shape index (κ1) is 22.3. The van der Waals surface area contributed by atoms with Gasteiger partial charge in [-0.2, -0.15) is 0 Å². The Balaban J connectivity index is 0.00000338. The molecule has 1 aromatic carbocycles. The van der Waals surface area contributed by atoms with Gasteiger partial charge in [-0.3, -0.25) is 9.79 Å². The van der Waals surface area contributed by atoms with Gasteiger partial charge in [0, 0.05) is 44.2 Å². The molecule has 0 spiro atoms. The van der Waals surface area contributed by atoms with Crippen molar-refractivity contribution in [2.75, 3.05) is 32.1 Å². The summed E-state index contributed by atoms with van der Waals surface area (Å²) >= 11 is 0. The second kappa shape index (κ2) is 11.8. The molecule has 146 valence electrons. The quantitative estimate of drug-likeness (QED) is 0.334. The number of hydrogen-bond acceptors (Lipinski definition) is 4. The Morgan fingerprint density at radius 3 is 2.69 bits per heavy atom. The van der Waals surface area contributed by atoms with Crippen LogP contribution in [0.5, 0.6) is 11.5 Å². The van der Waals surface area contributed by atoms with E-state index in [0.717, 1.165) is 30.0 Å². The normalized spacial score (nSPS) is 14.5. The van der Waals surface area contributed by atoms with Gasteiger partial charge in [-0.25, -0.2) is 0 Å². The fourth-order valence-corrected chi connectivity index (χ4v) is 2.30. The summed E-state index contributed by atoms with van der Waals surface area (Å²) < 4.78 is 11.3. The first-order valence-electron chi connectivity index (χ1n) is 8.79. The van der Waals surface area contributed by atoms with Crippen molar-refractivity contribution >= 4 is 41.5 Å². The van der Waals surface area contributed by atoms with Crippen molar-refractivity contribution in [3.05, 3.63) is 18.2 Å². The highest BCUT2D eigenvalue weighted by Crippen LogP contribution is 2.32. The molecule has 3 N–H and O–H groups in total. The largest absolute Gasteiger partial charge is 0.490 e. The molecule has 1 heterocycles. The summed E-state index contributed by atoms with van der Waals surface area (Å²) in [5.41, 5.74) is 0.849. The number of rotatable bonds is 6. The summed E-state index contributed by atoms with van der Waals surface area (Å²) in [6, 6.07) is 5.89. The van der Waals surface area contributed by atoms with E-state index in [0.29, 0.717) is 32.1 Å². The molecule has 7 nitrogen and oxygen atoms in total. The molecule has 1 aliphatic heterocycles. The van der Waals surface area contributed by atoms with Crippen LogP contribution in [0.4, 0.5) is 5.69 Å². The summed E-state index contributed by atoms with van der Waals surface area (Å²) in [4.78, 5) is 16.0. The van der Waals surface area contributed by atoms with E-state index >= 15 is 0 Å². The number of carbonyl (C=O) groups is 1. The second-order valence-electron chi connectivity index (χ2n) is 5.96. The number of ether oxygens (including phenoxy) is 2. The maximum atomic E-state index is 11.8. The van der Waals surface area contributed by atoms with Crippen molar-refractivity contribution in [1.29, 1.82) is 0 Å². The van der Waals surface area contributed by atoms with Gasteiger partial charge in [0.1, 0.15) is 0 Å². The Kier molecular flexibility index (Phi) is 10.2. The lowest BCUT2D eigenvalue weighted by molar-refractivity contribution is -0.121. The number of aliphatic imine (C=N–C) groups is 1. The van der Waals surface area contributed by atoms with Gasteiger partial charge >= 0.3 is 0 Å². The maximum absolute atomic E-state index is 11.8. The SMILES string of the molecule is CCC(C)NC(=O)CCNC(=NC)Nc1ccc2c(c1)OCCCO2.I. The molecule has 0 aromatic heterocycles. The molecule has 2 rings (SSSR count). The summed E-state index contributed by atoms with van der Waals surface area (Å²) in [7, 11) is 1.69. The minimum atomic E-state index is 0. The fourth-order valence-electron chi connectivity index (χ4n) is 2.30. The molecular formula is C18H29IN4O3. The molecule has 0 bridgehead atoms. The smallest absolute Gasteiger partial charge is 0.221 e. The van der Waals surface area contributed by atoms with Gasteiger partial charge < -0.3 is 25.4 Å². The van der Waals surface area contributed by atoms with Crippen molar-refractivity contribution in [3.63, 3.8) is 0 Å². The number of anilines is 1. The van der Waals surface area contributed by atoms with E-state index in [4.69, 9.17) is 9.47 Å². The summed E-state index contributed by atoms with van der Waals surface area (Å²) in [6.07, 6.45) is 2.19. The van der Waals surface area contributed by atoms with Crippen molar-refractivity contribution in [3.8, 4) is 11.5 Å². The van der Waals surface area contributed by atoms with E-state index in [1.165, 1.54) is 0 Å². The first-order chi connectivity index (χ1) is 12.1. The molecule has 8 heteroatoms. The number of fused-ring (bicyclic) bond motifs is 1. The van der Waals surface area contributed by atoms with Crippen LogP contribution < -0.4 is 25.4 Å². The molecule has 0 fully saturated rings. The van der Waals surface area contributed by atoms with Crippen LogP contribution in [0.25, 0.3) is 0 Å². The Bertz CT molecular complexity index is 610. The number of benzene rings is 1. The van der Waals surface area contributed by atoms with E-state index in [9.17, 15) is 4.79 Å². The van der Waals surface area contributed by atoms with E-state index < -0.39 is 0 Å². The standard InChI is InChI=1S/C18H28N4O3.HI/c1-4-13(2)21-17(23)8-9-20-18(19-3)22-14-6-7-15-16(12-14)25-11-5-10-24-15;/h6-7,12-13H,4-5,8-11H2,1-3H3,(H,21,23)(H2,19,20,22);1H. The van der Waals surface area contributed by atoms with Gasteiger partial charge in [0.05, 0.1) is 13.2 Å². The average molecular weight is 476 g/mol. The minimum absolute atomic E-state index is 0. The van der Waals surface area contributed by atoms with Gasteiger partial charge in [-0.1, -0.05) is 6.92 Å². The molecule has 1 aliphatic rings. The van der Waals surface area contributed by atoms with Gasteiger partial charge in [-0.05, 0) is 25.5 Å². The summed E-state index contributed by atoms with van der Waals surface area (Å²) in [6.45, 7) is 5.86. The van der Waals surface area contributed by atoms with Crippen LogP contribution in [0.3, 0.4) is 0 Å². The van der Waals surface area contributed by atoms with Crippen LogP contribution in [0, 0.1) is 0 Å². The molecule has 0 saturated carbocycles. The van der Waals surface area contributed by atoms with Crippen molar-refractivity contribution in [1.82, 2.24) is 10.6 Å². The molecule has 1 unspecified atom stereocenters. The average Bonchev–Trinajstić information content (AvgIpc) is 2.85. The van der Waals surface area contributed by atoms with Gasteiger partial charge in [0.2, 0.25) is 5.91 Å². The fraction of sp³-hybridized carbons (Fsp3) is 0.556. The van der Waals surface area contributed by atoms with Crippen LogP contribution in [0.1, 0.15) is 33.1 Å². The Morgan fingerprint density at radius 2 is 2.00 bits per heavy atom. The number of hydrogen-bond donors (Lipinski definition) is 3.